The molecule has 0 fully saturated rings. The molecule has 0 aliphatic carbocycles. The molecule has 24 valence electrons. The predicted octanol–water partition coefficient (Wildman–Crippen LogP) is 0.0438. The fraction of sp³-hybridized carbons (Fsp3) is 1.00. The highest BCUT2D eigenvalue weighted by atomic mass is 28.2. The molecule has 0 aromatic rings. The van der Waals surface area contributed by atoms with Crippen molar-refractivity contribution in [1.82, 2.24) is 0 Å². The topological polar surface area (TPSA) is 32.6 Å². The molecule has 2 nitrogen and oxygen atoms in total. The second kappa shape index (κ2) is 2.82. The molecule has 0 atom stereocenters. The lowest BCUT2D eigenvalue weighted by molar-refractivity contribution is 0.325. The summed E-state index contributed by atoms with van der Waals surface area (Å²) in [5, 5.41) is 7.54. The van der Waals surface area contributed by atoms with Crippen LogP contribution in [-0.2, 0) is 0 Å². The zero-order valence-corrected chi connectivity index (χ0v) is 3.63. The molecule has 0 aliphatic heterocycles. The molecule has 4 heavy (non-hydrogen) atoms. The summed E-state index contributed by atoms with van der Waals surface area (Å²) in [5.41, 5.74) is 0. The van der Waals surface area contributed by atoms with E-state index in [0.717, 1.165) is 0 Å². The van der Waals surface area contributed by atoms with Gasteiger partial charge in [0.25, 0.3) is 0 Å². The van der Waals surface area contributed by atoms with Crippen molar-refractivity contribution in [1.29, 1.82) is 0 Å². The van der Waals surface area contributed by atoms with Crippen LogP contribution >= 0.6 is 0 Å². The van der Waals surface area contributed by atoms with Gasteiger partial charge in [0.2, 0.25) is 0 Å². The van der Waals surface area contributed by atoms with Crippen LogP contribution < -0.4 is 0 Å². The lowest BCUT2D eigenvalue weighted by atomic mass is 11.9. The van der Waals surface area contributed by atoms with Crippen molar-refractivity contribution in [2.24, 2.45) is 4.80 Å². The van der Waals surface area contributed by atoms with Crippen molar-refractivity contribution in [3.63, 3.8) is 0 Å². The van der Waals surface area contributed by atoms with Gasteiger partial charge in [-0.3, -0.25) is 0 Å². The average Bonchev–Trinajstić information content (AvgIpc) is 1.37. The highest BCUT2D eigenvalue weighted by Gasteiger charge is 1.38. The van der Waals surface area contributed by atoms with Gasteiger partial charge < -0.3 is 5.21 Å². The summed E-state index contributed by atoms with van der Waals surface area (Å²) >= 11 is 0. The molecule has 0 bridgehead atoms. The Morgan fingerprint density at radius 3 is 2.25 bits per heavy atom. The van der Waals surface area contributed by atoms with E-state index in [1.807, 2.05) is 6.55 Å². The van der Waals surface area contributed by atoms with Crippen LogP contribution in [0.5, 0.6) is 0 Å². The Balaban J connectivity index is 2.55. The summed E-state index contributed by atoms with van der Waals surface area (Å²) in [5.74, 6) is 0. The van der Waals surface area contributed by atoms with Crippen molar-refractivity contribution in [2.45, 2.75) is 6.55 Å². The van der Waals surface area contributed by atoms with Gasteiger partial charge in [-0.05, 0) is 6.55 Å². The number of rotatable bonds is 0. The van der Waals surface area contributed by atoms with Gasteiger partial charge in [0.15, 0.2) is 9.31 Å². The minimum atomic E-state index is -0.0370. The molecule has 0 rings (SSSR count). The fourth-order valence-electron chi connectivity index (χ4n) is 0. The number of nitrogens with zero attached hydrogens (tertiary/aromatic N) is 1. The quantitative estimate of drug-likeness (QED) is 0.320. The molecule has 1 N–H and O–H groups in total. The minimum absolute atomic E-state index is 0.0370. The molecule has 0 aromatic carbocycles. The number of hydrogen-bond donors (Lipinski definition) is 1. The van der Waals surface area contributed by atoms with Crippen molar-refractivity contribution in [3.05, 3.63) is 0 Å². The highest BCUT2D eigenvalue weighted by Crippen LogP contribution is 1.36. The molecular formula is CH5NOSi. The van der Waals surface area contributed by atoms with Crippen LogP contribution in [0, 0.1) is 0 Å². The first-order valence-electron chi connectivity index (χ1n) is 1.04. The average molecular weight is 75.1 g/mol. The highest BCUT2D eigenvalue weighted by molar-refractivity contribution is 6.18. The third kappa shape index (κ3) is 1.82. The van der Waals surface area contributed by atoms with Gasteiger partial charge in [-0.2, -0.15) is 4.80 Å². The van der Waals surface area contributed by atoms with E-state index in [2.05, 4.69) is 4.80 Å². The Bertz CT molecular complexity index is 23.2. The van der Waals surface area contributed by atoms with E-state index in [1.54, 1.807) is 0 Å². The van der Waals surface area contributed by atoms with E-state index in [1.165, 1.54) is 0 Å². The Morgan fingerprint density at radius 1 is 2.00 bits per heavy atom. The van der Waals surface area contributed by atoms with Crippen molar-refractivity contribution in [3.8, 4) is 0 Å². The first kappa shape index (κ1) is 3.82. The van der Waals surface area contributed by atoms with E-state index in [9.17, 15) is 0 Å². The van der Waals surface area contributed by atoms with Crippen LogP contribution in [0.25, 0.3) is 0 Å². The fourth-order valence-corrected chi connectivity index (χ4v) is 0. The smallest absolute Gasteiger partial charge is 0.160 e. The van der Waals surface area contributed by atoms with E-state index in [4.69, 9.17) is 5.21 Å². The molecule has 0 heterocycles. The molecular weight excluding hydrogens is 70.1 g/mol. The zero-order valence-electron chi connectivity index (χ0n) is 2.47. The predicted molar refractivity (Wildman–Crippen MR) is 17.2 cm³/mol. The molecule has 0 saturated heterocycles. The van der Waals surface area contributed by atoms with Crippen LogP contribution in [0.1, 0.15) is 0 Å². The SMILES string of the molecule is C/[SiH]=N/O. The maximum Gasteiger partial charge on any atom is 0.160 e. The molecule has 3 heteroatoms. The van der Waals surface area contributed by atoms with Crippen molar-refractivity contribution in [2.75, 3.05) is 0 Å². The van der Waals surface area contributed by atoms with Gasteiger partial charge in [-0.25, -0.2) is 0 Å². The summed E-state index contributed by atoms with van der Waals surface area (Å²) in [7, 11) is -0.0370. The largest absolute Gasteiger partial charge is 0.421 e. The Morgan fingerprint density at radius 2 is 2.25 bits per heavy atom. The van der Waals surface area contributed by atoms with Crippen molar-refractivity contribution >= 4 is 9.31 Å². The summed E-state index contributed by atoms with van der Waals surface area (Å²) in [6, 6.07) is 0. The second-order valence-corrected chi connectivity index (χ2v) is 1.12. The molecule has 0 unspecified atom stereocenters. The van der Waals surface area contributed by atoms with E-state index >= 15 is 0 Å². The Labute approximate surface area is 27.0 Å². The van der Waals surface area contributed by atoms with Crippen LogP contribution in [-0.4, -0.2) is 14.5 Å². The molecule has 0 aromatic heterocycles. The molecule has 0 saturated carbocycles. The lowest BCUT2D eigenvalue weighted by Crippen LogP contribution is -1.52. The molecule has 0 spiro atoms. The molecule has 0 radical (unpaired) electrons. The summed E-state index contributed by atoms with van der Waals surface area (Å²) in [6.07, 6.45) is 0. The molecule has 0 amide bonds. The first-order valence-corrected chi connectivity index (χ1v) is 2.71. The van der Waals surface area contributed by atoms with Gasteiger partial charge in [-0.1, -0.05) is 0 Å². The summed E-state index contributed by atoms with van der Waals surface area (Å²) in [4.78, 5) is 2.82. The van der Waals surface area contributed by atoms with Gasteiger partial charge in [0, 0.05) is 0 Å². The maximum absolute atomic E-state index is 7.54. The van der Waals surface area contributed by atoms with Gasteiger partial charge >= 0.3 is 0 Å². The first-order chi connectivity index (χ1) is 1.91. The second-order valence-electron chi connectivity index (χ2n) is 0.374. The van der Waals surface area contributed by atoms with Crippen LogP contribution in [0.4, 0.5) is 0 Å². The van der Waals surface area contributed by atoms with Crippen LogP contribution in [0.15, 0.2) is 4.80 Å². The normalized spacial score (nSPS) is 9.25. The summed E-state index contributed by atoms with van der Waals surface area (Å²) in [6.45, 7) is 1.85. The summed E-state index contributed by atoms with van der Waals surface area (Å²) < 4.78 is 0. The van der Waals surface area contributed by atoms with E-state index < -0.39 is 0 Å². The van der Waals surface area contributed by atoms with Gasteiger partial charge in [-0.15, -0.1) is 0 Å². The Hall–Kier alpha value is -0.183. The third-order valence-corrected chi connectivity index (χ3v) is 0.346. The molecule has 0 aliphatic rings. The standard InChI is InChI=1S/CH5NOSi/c1-4-2-3/h3-4H,1H3/b4-2+. The minimum Gasteiger partial charge on any atom is -0.421 e. The number of hydrogen-bond acceptors (Lipinski definition) is 2. The lowest BCUT2D eigenvalue weighted by Gasteiger charge is -1.54. The maximum atomic E-state index is 7.54. The van der Waals surface area contributed by atoms with Gasteiger partial charge in [0.1, 0.15) is 0 Å². The van der Waals surface area contributed by atoms with E-state index in [0.29, 0.717) is 0 Å². The van der Waals surface area contributed by atoms with Crippen LogP contribution in [0.3, 0.4) is 0 Å². The van der Waals surface area contributed by atoms with Crippen molar-refractivity contribution < 1.29 is 5.21 Å². The Kier molecular flexibility index (Phi) is 2.69. The van der Waals surface area contributed by atoms with Crippen LogP contribution in [0.2, 0.25) is 6.55 Å². The third-order valence-electron chi connectivity index (χ3n) is 0.115. The van der Waals surface area contributed by atoms with Gasteiger partial charge in [0.05, 0.1) is 0 Å². The monoisotopic (exact) mass is 75.0 g/mol. The zero-order chi connectivity index (χ0) is 3.41. The van der Waals surface area contributed by atoms with E-state index in [-0.39, 0.29) is 9.31 Å².